The number of thioether (sulfide) groups is 1. The Morgan fingerprint density at radius 1 is 1.03 bits per heavy atom. The molecule has 0 bridgehead atoms. The van der Waals surface area contributed by atoms with Gasteiger partial charge in [-0.3, -0.25) is 14.5 Å². The van der Waals surface area contributed by atoms with Gasteiger partial charge in [0.05, 0.1) is 11.4 Å². The molecule has 1 aromatic heterocycles. The Labute approximate surface area is 219 Å². The van der Waals surface area contributed by atoms with E-state index in [9.17, 15) is 14.0 Å². The lowest BCUT2D eigenvalue weighted by Crippen LogP contribution is -2.30. The number of nitrogens with zero attached hydrogens (tertiary/aromatic N) is 2. The number of carbonyl (C=O) groups is 2. The van der Waals surface area contributed by atoms with Gasteiger partial charge in [-0.2, -0.15) is 0 Å². The number of carbonyl (C=O) groups excluding carboxylic acids is 2. The van der Waals surface area contributed by atoms with Crippen molar-refractivity contribution >= 4 is 67.4 Å². The van der Waals surface area contributed by atoms with Crippen LogP contribution in [0.15, 0.2) is 82.3 Å². The number of fused-ring (bicyclic) bond motifs is 1. The van der Waals surface area contributed by atoms with E-state index in [1.807, 2.05) is 59.3 Å². The van der Waals surface area contributed by atoms with Gasteiger partial charge in [0.15, 0.2) is 0 Å². The number of hydrogen-bond acceptors (Lipinski definition) is 3. The van der Waals surface area contributed by atoms with Crippen molar-refractivity contribution in [2.75, 3.05) is 6.54 Å². The molecule has 0 saturated carbocycles. The number of aromatic nitrogens is 1. The van der Waals surface area contributed by atoms with Crippen molar-refractivity contribution in [1.29, 1.82) is 0 Å². The summed E-state index contributed by atoms with van der Waals surface area (Å²) in [5.74, 6) is -0.679. The lowest BCUT2D eigenvalue weighted by molar-refractivity contribution is -0.122. The van der Waals surface area contributed by atoms with E-state index in [0.717, 1.165) is 38.3 Å². The van der Waals surface area contributed by atoms with E-state index < -0.39 is 0 Å². The third-order valence-electron chi connectivity index (χ3n) is 5.89. The topological polar surface area (TPSA) is 42.3 Å². The molecule has 1 saturated heterocycles. The summed E-state index contributed by atoms with van der Waals surface area (Å²) in [5.41, 5.74) is 3.08. The molecule has 1 aliphatic rings. The van der Waals surface area contributed by atoms with Gasteiger partial charge < -0.3 is 4.57 Å². The Morgan fingerprint density at radius 3 is 2.60 bits per heavy atom. The van der Waals surface area contributed by atoms with Crippen LogP contribution in [0.3, 0.4) is 0 Å². The van der Waals surface area contributed by atoms with Crippen LogP contribution in [0.4, 0.5) is 9.18 Å². The maximum atomic E-state index is 14.5. The zero-order valence-corrected chi connectivity index (χ0v) is 21.5. The summed E-state index contributed by atoms with van der Waals surface area (Å²) in [5, 5.41) is 0.952. The summed E-state index contributed by atoms with van der Waals surface area (Å²) in [7, 11) is 0. The molecule has 35 heavy (non-hydrogen) atoms. The quantitative estimate of drug-likeness (QED) is 0.226. The summed E-state index contributed by atoms with van der Waals surface area (Å²) >= 11 is 10.7. The molecule has 176 valence electrons. The van der Waals surface area contributed by atoms with Crippen LogP contribution in [0.25, 0.3) is 17.0 Å². The van der Waals surface area contributed by atoms with Crippen molar-refractivity contribution in [1.82, 2.24) is 9.47 Å². The molecule has 0 spiro atoms. The highest BCUT2D eigenvalue weighted by Gasteiger charge is 2.34. The van der Waals surface area contributed by atoms with Crippen LogP contribution in [0, 0.1) is 5.82 Å². The lowest BCUT2D eigenvalue weighted by Gasteiger charge is -2.12. The van der Waals surface area contributed by atoms with Crippen molar-refractivity contribution < 1.29 is 14.0 Å². The molecule has 4 nitrogen and oxygen atoms in total. The molecule has 0 radical (unpaired) electrons. The third kappa shape index (κ3) is 4.94. The number of rotatable bonds is 6. The Bertz CT molecular complexity index is 1470. The van der Waals surface area contributed by atoms with Crippen molar-refractivity contribution in [3.63, 3.8) is 0 Å². The monoisotopic (exact) mass is 568 g/mol. The van der Waals surface area contributed by atoms with Gasteiger partial charge in [0.25, 0.3) is 11.1 Å². The van der Waals surface area contributed by atoms with Gasteiger partial charge >= 0.3 is 0 Å². The van der Waals surface area contributed by atoms with Crippen molar-refractivity contribution in [3.05, 3.63) is 110 Å². The van der Waals surface area contributed by atoms with Crippen LogP contribution >= 0.6 is 39.3 Å². The smallest absolute Gasteiger partial charge is 0.293 e. The van der Waals surface area contributed by atoms with E-state index >= 15 is 0 Å². The van der Waals surface area contributed by atoms with Crippen LogP contribution in [0.5, 0.6) is 0 Å². The average molecular weight is 570 g/mol. The van der Waals surface area contributed by atoms with Crippen LogP contribution in [0.1, 0.15) is 16.7 Å². The van der Waals surface area contributed by atoms with Gasteiger partial charge in [-0.15, -0.1) is 0 Å². The standard InChI is InChI=1S/C27H19BrClFN2O2S/c28-19-9-10-24-20(14-19)18(15-31(24)16-21-22(29)7-4-8-23(21)30)13-25-26(33)32(27(34)35-25)12-11-17-5-2-1-3-6-17/h1-10,13-15H,11-12,16H2/b25-13-. The second kappa shape index (κ2) is 10.0. The second-order valence-electron chi connectivity index (χ2n) is 8.14. The van der Waals surface area contributed by atoms with E-state index in [1.165, 1.54) is 11.0 Å². The van der Waals surface area contributed by atoms with Crippen LogP contribution < -0.4 is 0 Å². The van der Waals surface area contributed by atoms with Crippen molar-refractivity contribution in [3.8, 4) is 0 Å². The zero-order chi connectivity index (χ0) is 24.5. The summed E-state index contributed by atoms with van der Waals surface area (Å²) in [6.07, 6.45) is 4.20. The fraction of sp³-hybridized carbons (Fsp3) is 0.111. The average Bonchev–Trinajstić information content (AvgIpc) is 3.31. The first-order chi connectivity index (χ1) is 16.9. The summed E-state index contributed by atoms with van der Waals surface area (Å²) in [4.78, 5) is 27.3. The molecular formula is C27H19BrClFN2O2S. The molecule has 8 heteroatoms. The van der Waals surface area contributed by atoms with Gasteiger partial charge in [0.1, 0.15) is 5.82 Å². The minimum absolute atomic E-state index is 0.232. The summed E-state index contributed by atoms with van der Waals surface area (Å²) < 4.78 is 17.2. The van der Waals surface area contributed by atoms with E-state index in [0.29, 0.717) is 28.5 Å². The first-order valence-electron chi connectivity index (χ1n) is 10.9. The number of halogens is 3. The number of amides is 2. The number of imide groups is 1. The maximum absolute atomic E-state index is 14.5. The zero-order valence-electron chi connectivity index (χ0n) is 18.4. The van der Waals surface area contributed by atoms with Crippen molar-refractivity contribution in [2.45, 2.75) is 13.0 Å². The summed E-state index contributed by atoms with van der Waals surface area (Å²) in [6, 6.07) is 20.2. The highest BCUT2D eigenvalue weighted by molar-refractivity contribution is 9.10. The Kier molecular flexibility index (Phi) is 6.82. The van der Waals surface area contributed by atoms with E-state index in [-0.39, 0.29) is 23.5 Å². The molecule has 0 atom stereocenters. The Morgan fingerprint density at radius 2 is 1.83 bits per heavy atom. The molecule has 4 aromatic rings. The van der Waals surface area contributed by atoms with Gasteiger partial charge in [0, 0.05) is 44.3 Å². The molecule has 2 amide bonds. The molecule has 3 aromatic carbocycles. The van der Waals surface area contributed by atoms with E-state index in [2.05, 4.69) is 15.9 Å². The van der Waals surface area contributed by atoms with E-state index in [1.54, 1.807) is 18.2 Å². The van der Waals surface area contributed by atoms with Crippen molar-refractivity contribution in [2.24, 2.45) is 0 Å². The predicted molar refractivity (Wildman–Crippen MR) is 143 cm³/mol. The highest BCUT2D eigenvalue weighted by atomic mass is 79.9. The molecule has 0 N–H and O–H groups in total. The molecule has 5 rings (SSSR count). The number of hydrogen-bond donors (Lipinski definition) is 0. The van der Waals surface area contributed by atoms with Gasteiger partial charge in [-0.1, -0.05) is 63.9 Å². The minimum atomic E-state index is -0.377. The first-order valence-corrected chi connectivity index (χ1v) is 12.9. The normalized spacial score (nSPS) is 15.1. The van der Waals surface area contributed by atoms with Crippen LogP contribution in [-0.2, 0) is 17.8 Å². The molecule has 1 aliphatic heterocycles. The van der Waals surface area contributed by atoms with E-state index in [4.69, 9.17) is 11.6 Å². The molecular weight excluding hydrogens is 551 g/mol. The second-order valence-corrected chi connectivity index (χ2v) is 10.5. The highest BCUT2D eigenvalue weighted by Crippen LogP contribution is 2.35. The van der Waals surface area contributed by atoms with Crippen LogP contribution in [0.2, 0.25) is 5.02 Å². The fourth-order valence-electron chi connectivity index (χ4n) is 4.12. The fourth-order valence-corrected chi connectivity index (χ4v) is 5.56. The third-order valence-corrected chi connectivity index (χ3v) is 7.65. The molecule has 2 heterocycles. The first kappa shape index (κ1) is 23.9. The Balaban J connectivity index is 1.46. The summed E-state index contributed by atoms with van der Waals surface area (Å²) in [6.45, 7) is 0.557. The Hall–Kier alpha value is -2.87. The largest absolute Gasteiger partial charge is 0.342 e. The van der Waals surface area contributed by atoms with Crippen LogP contribution in [-0.4, -0.2) is 27.2 Å². The van der Waals surface area contributed by atoms with Gasteiger partial charge in [0.2, 0.25) is 0 Å². The van der Waals surface area contributed by atoms with Gasteiger partial charge in [-0.05, 0) is 60.2 Å². The minimum Gasteiger partial charge on any atom is -0.342 e. The maximum Gasteiger partial charge on any atom is 0.293 e. The predicted octanol–water partition coefficient (Wildman–Crippen LogP) is 7.52. The van der Waals surface area contributed by atoms with Gasteiger partial charge in [-0.25, -0.2) is 4.39 Å². The lowest BCUT2D eigenvalue weighted by atomic mass is 10.1. The number of benzene rings is 3. The molecule has 1 fully saturated rings. The molecule has 0 unspecified atom stereocenters. The molecule has 0 aliphatic carbocycles. The SMILES string of the molecule is O=C1S/C(=C\c2cn(Cc3c(F)cccc3Cl)c3ccc(Br)cc23)C(=O)N1CCc1ccccc1.